The topological polar surface area (TPSA) is 47.9 Å². The summed E-state index contributed by atoms with van der Waals surface area (Å²) in [5.41, 5.74) is 1.23. The van der Waals surface area contributed by atoms with E-state index in [-0.39, 0.29) is 36.4 Å². The van der Waals surface area contributed by atoms with Gasteiger partial charge in [-0.05, 0) is 22.4 Å². The Kier molecular flexibility index (Phi) is 10.1. The fourth-order valence-electron chi connectivity index (χ4n) is 1.49. The third-order valence-corrected chi connectivity index (χ3v) is 3.36. The molecule has 1 rings (SSSR count). The Hall–Kier alpha value is -1.09. The molecule has 0 spiro atoms. The summed E-state index contributed by atoms with van der Waals surface area (Å²) >= 11 is 1.67. The largest absolute Gasteiger partial charge is 0.353 e. The molecular weight excluding hydrogens is 399 g/mol. The molecule has 0 unspecified atom stereocenters. The first-order chi connectivity index (χ1) is 9.54. The highest BCUT2D eigenvalue weighted by molar-refractivity contribution is 14.0. The monoisotopic (exact) mass is 422 g/mol. The molecule has 0 fully saturated rings. The van der Waals surface area contributed by atoms with E-state index >= 15 is 0 Å². The molecule has 0 aliphatic rings. The van der Waals surface area contributed by atoms with Crippen molar-refractivity contribution in [3.8, 4) is 0 Å². The second-order valence-electron chi connectivity index (χ2n) is 4.59. The molecule has 1 heterocycles. The van der Waals surface area contributed by atoms with Gasteiger partial charge in [-0.3, -0.25) is 4.79 Å². The number of rotatable bonds is 6. The van der Waals surface area contributed by atoms with Crippen molar-refractivity contribution in [1.82, 2.24) is 15.1 Å². The number of hydrogen-bond donors (Lipinski definition) is 1. The van der Waals surface area contributed by atoms with E-state index in [2.05, 4.69) is 28.3 Å². The highest BCUT2D eigenvalue weighted by Gasteiger charge is 2.09. The van der Waals surface area contributed by atoms with Gasteiger partial charge in [-0.2, -0.15) is 11.3 Å². The molecule has 0 radical (unpaired) electrons. The number of guanidine groups is 1. The van der Waals surface area contributed by atoms with Gasteiger partial charge in [0.15, 0.2) is 5.96 Å². The predicted molar refractivity (Wildman–Crippen MR) is 100 cm³/mol. The fourth-order valence-corrected chi connectivity index (χ4v) is 2.15. The van der Waals surface area contributed by atoms with Gasteiger partial charge in [-0.15, -0.1) is 30.6 Å². The molecule has 0 saturated heterocycles. The highest BCUT2D eigenvalue weighted by Crippen LogP contribution is 2.08. The number of carbonyl (C=O) groups excluding carboxylic acids is 1. The van der Waals surface area contributed by atoms with Gasteiger partial charge >= 0.3 is 0 Å². The average Bonchev–Trinajstić information content (AvgIpc) is 2.91. The molecule has 0 atom stereocenters. The van der Waals surface area contributed by atoms with Crippen LogP contribution in [0, 0.1) is 0 Å². The molecule has 5 nitrogen and oxygen atoms in total. The van der Waals surface area contributed by atoms with Crippen molar-refractivity contribution >= 4 is 47.2 Å². The molecule has 0 saturated carbocycles. The summed E-state index contributed by atoms with van der Waals surface area (Å²) < 4.78 is 0. The molecule has 0 aliphatic carbocycles. The summed E-state index contributed by atoms with van der Waals surface area (Å²) in [6.45, 7) is 5.19. The van der Waals surface area contributed by atoms with Gasteiger partial charge in [0.25, 0.3) is 0 Å². The summed E-state index contributed by atoms with van der Waals surface area (Å²) in [4.78, 5) is 19.5. The number of nitrogens with one attached hydrogen (secondary N) is 1. The quantitative estimate of drug-likeness (QED) is 0.330. The van der Waals surface area contributed by atoms with E-state index in [1.54, 1.807) is 31.5 Å². The lowest BCUT2D eigenvalue weighted by Crippen LogP contribution is -2.39. The van der Waals surface area contributed by atoms with Crippen molar-refractivity contribution in [1.29, 1.82) is 0 Å². The van der Waals surface area contributed by atoms with Crippen LogP contribution in [-0.2, 0) is 11.3 Å². The third kappa shape index (κ3) is 7.47. The zero-order valence-corrected chi connectivity index (χ0v) is 15.9. The van der Waals surface area contributed by atoms with E-state index < -0.39 is 0 Å². The molecule has 1 N–H and O–H groups in total. The van der Waals surface area contributed by atoms with E-state index in [0.29, 0.717) is 12.5 Å². The van der Waals surface area contributed by atoms with Crippen LogP contribution in [0.25, 0.3) is 0 Å². The van der Waals surface area contributed by atoms with Gasteiger partial charge in [-0.25, -0.2) is 4.99 Å². The number of likely N-dealkylation sites (N-methyl/N-ethyl adjacent to an activating group) is 1. The standard InChI is InChI=1S/C14H22N4OS.HI/c1-5-7-15-14(16-9-13(19)17(2)3)18(4)10-12-6-8-20-11-12;/h5-6,8,11H,1,7,9-10H2,2-4H3,(H,15,16);1H. The number of hydrogen-bond acceptors (Lipinski definition) is 3. The molecule has 118 valence electrons. The van der Waals surface area contributed by atoms with Gasteiger partial charge < -0.3 is 15.1 Å². The molecule has 1 aromatic heterocycles. The molecular formula is C14H23IN4OS. The maximum absolute atomic E-state index is 11.6. The lowest BCUT2D eigenvalue weighted by molar-refractivity contribution is -0.127. The summed E-state index contributed by atoms with van der Waals surface area (Å²) in [6.07, 6.45) is 1.77. The molecule has 0 aromatic carbocycles. The molecule has 21 heavy (non-hydrogen) atoms. The van der Waals surface area contributed by atoms with E-state index in [4.69, 9.17) is 0 Å². The minimum absolute atomic E-state index is 0. The summed E-state index contributed by atoms with van der Waals surface area (Å²) in [5, 5.41) is 7.32. The minimum atomic E-state index is -0.0214. The van der Waals surface area contributed by atoms with Gasteiger partial charge in [0.2, 0.25) is 5.91 Å². The Morgan fingerprint density at radius 2 is 2.19 bits per heavy atom. The normalized spacial score (nSPS) is 10.5. The van der Waals surface area contributed by atoms with E-state index in [1.165, 1.54) is 10.5 Å². The van der Waals surface area contributed by atoms with Crippen molar-refractivity contribution in [2.75, 3.05) is 34.2 Å². The first kappa shape index (κ1) is 19.9. The zero-order chi connectivity index (χ0) is 15.0. The second kappa shape index (κ2) is 10.6. The Morgan fingerprint density at radius 1 is 1.48 bits per heavy atom. The Bertz CT molecular complexity index is 460. The summed E-state index contributed by atoms with van der Waals surface area (Å²) in [5.74, 6) is 0.679. The van der Waals surface area contributed by atoms with E-state index in [9.17, 15) is 4.79 Å². The summed E-state index contributed by atoms with van der Waals surface area (Å²) in [7, 11) is 5.40. The average molecular weight is 422 g/mol. The smallest absolute Gasteiger partial charge is 0.243 e. The number of amides is 1. The van der Waals surface area contributed by atoms with Crippen LogP contribution in [0.15, 0.2) is 34.5 Å². The van der Waals surface area contributed by atoms with Crippen molar-refractivity contribution in [2.24, 2.45) is 4.99 Å². The van der Waals surface area contributed by atoms with Crippen molar-refractivity contribution in [3.63, 3.8) is 0 Å². The van der Waals surface area contributed by atoms with Crippen molar-refractivity contribution < 1.29 is 4.79 Å². The maximum Gasteiger partial charge on any atom is 0.243 e. The van der Waals surface area contributed by atoms with E-state index in [1.807, 2.05) is 17.3 Å². The lowest BCUT2D eigenvalue weighted by Gasteiger charge is -2.21. The SMILES string of the molecule is C=CCNC(=NCC(=O)N(C)C)N(C)Cc1ccsc1.I. The van der Waals surface area contributed by atoms with Crippen LogP contribution in [0.5, 0.6) is 0 Å². The van der Waals surface area contributed by atoms with Gasteiger partial charge in [0.1, 0.15) is 6.54 Å². The molecule has 1 aromatic rings. The first-order valence-electron chi connectivity index (χ1n) is 6.36. The Balaban J connectivity index is 0.00000400. The molecule has 0 aliphatic heterocycles. The van der Waals surface area contributed by atoms with Crippen LogP contribution in [0.3, 0.4) is 0 Å². The number of thiophene rings is 1. The van der Waals surface area contributed by atoms with Crippen molar-refractivity contribution in [2.45, 2.75) is 6.54 Å². The first-order valence-corrected chi connectivity index (χ1v) is 7.30. The molecule has 7 heteroatoms. The summed E-state index contributed by atoms with van der Waals surface area (Å²) in [6, 6.07) is 2.08. The van der Waals surface area contributed by atoms with Gasteiger partial charge in [-0.1, -0.05) is 6.08 Å². The fraction of sp³-hybridized carbons (Fsp3) is 0.429. The minimum Gasteiger partial charge on any atom is -0.353 e. The molecule has 1 amide bonds. The third-order valence-electron chi connectivity index (χ3n) is 2.63. The molecule has 0 bridgehead atoms. The maximum atomic E-state index is 11.6. The van der Waals surface area contributed by atoms with Crippen LogP contribution in [0.1, 0.15) is 5.56 Å². The number of nitrogens with zero attached hydrogens (tertiary/aromatic N) is 3. The van der Waals surface area contributed by atoms with Gasteiger partial charge in [0, 0.05) is 34.2 Å². The predicted octanol–water partition coefficient (Wildman–Crippen LogP) is 2.02. The van der Waals surface area contributed by atoms with Gasteiger partial charge in [0.05, 0.1) is 0 Å². The Labute approximate surface area is 147 Å². The van der Waals surface area contributed by atoms with Crippen LogP contribution < -0.4 is 5.32 Å². The van der Waals surface area contributed by atoms with Crippen LogP contribution in [0.4, 0.5) is 0 Å². The van der Waals surface area contributed by atoms with Crippen LogP contribution in [0.2, 0.25) is 0 Å². The lowest BCUT2D eigenvalue weighted by atomic mass is 10.3. The van der Waals surface area contributed by atoms with E-state index in [0.717, 1.165) is 6.54 Å². The number of aliphatic imine (C=N–C) groups is 1. The van der Waals surface area contributed by atoms with Crippen molar-refractivity contribution in [3.05, 3.63) is 35.0 Å². The number of carbonyl (C=O) groups is 1. The number of halogens is 1. The van der Waals surface area contributed by atoms with Crippen LogP contribution >= 0.6 is 35.3 Å². The highest BCUT2D eigenvalue weighted by atomic mass is 127. The van der Waals surface area contributed by atoms with Crippen LogP contribution in [-0.4, -0.2) is 55.9 Å². The second-order valence-corrected chi connectivity index (χ2v) is 5.37. The Morgan fingerprint density at radius 3 is 2.71 bits per heavy atom. The zero-order valence-electron chi connectivity index (χ0n) is 12.7.